The Kier molecular flexibility index (Phi) is 8.24. The fourth-order valence-corrected chi connectivity index (χ4v) is 5.41. The summed E-state index contributed by atoms with van der Waals surface area (Å²) in [6, 6.07) is 8.69. The molecule has 1 aliphatic rings. The number of aromatic nitrogens is 1. The van der Waals surface area contributed by atoms with Gasteiger partial charge in [-0.25, -0.2) is 9.78 Å². The van der Waals surface area contributed by atoms with Crippen molar-refractivity contribution in [2.24, 2.45) is 0 Å². The van der Waals surface area contributed by atoms with Crippen molar-refractivity contribution in [3.05, 3.63) is 81.9 Å². The van der Waals surface area contributed by atoms with E-state index in [1.807, 2.05) is 0 Å². The molecule has 0 spiro atoms. The predicted molar refractivity (Wildman–Crippen MR) is 149 cm³/mol. The van der Waals surface area contributed by atoms with Crippen LogP contribution in [-0.2, 0) is 14.3 Å². The van der Waals surface area contributed by atoms with Gasteiger partial charge < -0.3 is 24.1 Å². The number of rotatable bonds is 9. The van der Waals surface area contributed by atoms with Gasteiger partial charge in [-0.15, -0.1) is 0 Å². The highest BCUT2D eigenvalue weighted by atomic mass is 32.1. The Morgan fingerprint density at radius 1 is 1.07 bits per heavy atom. The van der Waals surface area contributed by atoms with E-state index in [0.717, 1.165) is 21.8 Å². The van der Waals surface area contributed by atoms with Crippen molar-refractivity contribution in [1.82, 2.24) is 4.98 Å². The van der Waals surface area contributed by atoms with E-state index in [4.69, 9.17) is 18.9 Å². The van der Waals surface area contributed by atoms with Crippen molar-refractivity contribution in [2.75, 3.05) is 32.8 Å². The minimum absolute atomic E-state index is 0.000343. The minimum Gasteiger partial charge on any atom is -0.507 e. The van der Waals surface area contributed by atoms with E-state index in [0.29, 0.717) is 34.1 Å². The molecule has 1 saturated heterocycles. The number of ether oxygens (including phenoxy) is 4. The number of carbonyl (C=O) groups excluding carboxylic acids is 3. The Bertz CT molecular complexity index is 1540. The molecule has 208 valence electrons. The number of ketones is 1. The molecule has 40 heavy (non-hydrogen) atoms. The number of aliphatic hydroxyl groups excluding tert-OH is 1. The summed E-state index contributed by atoms with van der Waals surface area (Å²) in [6.07, 6.45) is 1.44. The summed E-state index contributed by atoms with van der Waals surface area (Å²) in [7, 11) is 4.47. The maximum atomic E-state index is 13.6. The summed E-state index contributed by atoms with van der Waals surface area (Å²) in [5.74, 6) is -1.46. The van der Waals surface area contributed by atoms with Crippen molar-refractivity contribution in [2.45, 2.75) is 19.9 Å². The van der Waals surface area contributed by atoms with Crippen LogP contribution in [0.15, 0.2) is 54.6 Å². The topological polar surface area (TPSA) is 124 Å². The molecule has 2 aromatic carbocycles. The molecule has 10 nitrogen and oxygen atoms in total. The van der Waals surface area contributed by atoms with Crippen LogP contribution in [0.4, 0.5) is 5.13 Å². The molecular weight excluding hydrogens is 536 g/mol. The molecule has 0 aliphatic carbocycles. The first-order valence-electron chi connectivity index (χ1n) is 12.1. The van der Waals surface area contributed by atoms with E-state index < -0.39 is 23.7 Å². The maximum absolute atomic E-state index is 13.6. The zero-order valence-electron chi connectivity index (χ0n) is 22.6. The van der Waals surface area contributed by atoms with E-state index in [1.54, 1.807) is 50.2 Å². The number of benzene rings is 2. The molecule has 1 atom stereocenters. The molecule has 0 saturated carbocycles. The predicted octanol–water partition coefficient (Wildman–Crippen LogP) is 4.75. The number of methoxy groups -OCH3 is 3. The monoisotopic (exact) mass is 564 g/mol. The third-order valence-corrected chi connectivity index (χ3v) is 7.49. The standard InChI is InChI=1S/C29H28N2O8S/c1-7-12-39-28(35)26-16(3)30-29(40-26)31-23(19-10-9-18(36-4)14-21(19)38-6)22(25(33)27(31)34)24(32)17-8-11-20(37-5)15(2)13-17/h7-11,13-14,23,32H,1,12H2,2-6H3/b24-22+. The number of amides is 1. The van der Waals surface area contributed by atoms with Gasteiger partial charge in [0.25, 0.3) is 5.78 Å². The summed E-state index contributed by atoms with van der Waals surface area (Å²) in [5, 5.41) is 11.6. The van der Waals surface area contributed by atoms with E-state index in [9.17, 15) is 19.5 Å². The third kappa shape index (κ3) is 5.03. The van der Waals surface area contributed by atoms with Gasteiger partial charge in [0.05, 0.1) is 32.6 Å². The second-order valence-corrected chi connectivity index (χ2v) is 9.74. The fraction of sp³-hybridized carbons (Fsp3) is 0.241. The summed E-state index contributed by atoms with van der Waals surface area (Å²) in [5.41, 5.74) is 1.59. The van der Waals surface area contributed by atoms with Gasteiger partial charge in [0, 0.05) is 17.2 Å². The van der Waals surface area contributed by atoms with Crippen LogP contribution < -0.4 is 19.1 Å². The number of aliphatic hydroxyl groups is 1. The lowest BCUT2D eigenvalue weighted by atomic mass is 9.94. The van der Waals surface area contributed by atoms with Crippen LogP contribution in [0, 0.1) is 13.8 Å². The number of hydrogen-bond donors (Lipinski definition) is 1. The Hall–Kier alpha value is -4.64. The number of Topliss-reactive ketones (excluding diaryl/α,β-unsaturated/α-hetero) is 1. The fourth-order valence-electron chi connectivity index (χ4n) is 4.42. The van der Waals surface area contributed by atoms with Crippen LogP contribution in [-0.4, -0.2) is 55.7 Å². The van der Waals surface area contributed by atoms with Gasteiger partial charge in [-0.1, -0.05) is 24.0 Å². The van der Waals surface area contributed by atoms with Crippen LogP contribution in [0.2, 0.25) is 0 Å². The Morgan fingerprint density at radius 3 is 2.42 bits per heavy atom. The van der Waals surface area contributed by atoms with E-state index >= 15 is 0 Å². The van der Waals surface area contributed by atoms with Crippen LogP contribution in [0.5, 0.6) is 17.2 Å². The van der Waals surface area contributed by atoms with Gasteiger partial charge in [0.2, 0.25) is 0 Å². The van der Waals surface area contributed by atoms with Crippen molar-refractivity contribution < 1.29 is 38.4 Å². The molecular formula is C29H28N2O8S. The first-order valence-corrected chi connectivity index (χ1v) is 12.9. The van der Waals surface area contributed by atoms with Gasteiger partial charge in [0.1, 0.15) is 40.5 Å². The number of anilines is 1. The summed E-state index contributed by atoms with van der Waals surface area (Å²) >= 11 is 0.904. The highest BCUT2D eigenvalue weighted by Crippen LogP contribution is 2.47. The van der Waals surface area contributed by atoms with E-state index in [2.05, 4.69) is 11.6 Å². The van der Waals surface area contributed by atoms with Crippen LogP contribution in [0.1, 0.15) is 38.1 Å². The zero-order valence-corrected chi connectivity index (χ0v) is 23.5. The highest BCUT2D eigenvalue weighted by Gasteiger charge is 2.49. The molecule has 11 heteroatoms. The second kappa shape index (κ2) is 11.6. The molecule has 1 aromatic heterocycles. The molecule has 1 fully saturated rings. The Balaban J connectivity index is 1.95. The number of thiazole rings is 1. The van der Waals surface area contributed by atoms with Crippen molar-refractivity contribution in [3.8, 4) is 17.2 Å². The van der Waals surface area contributed by atoms with Crippen molar-refractivity contribution >= 4 is 39.9 Å². The van der Waals surface area contributed by atoms with Gasteiger partial charge >= 0.3 is 11.9 Å². The number of esters is 1. The highest BCUT2D eigenvalue weighted by molar-refractivity contribution is 7.17. The second-order valence-electron chi connectivity index (χ2n) is 8.76. The minimum atomic E-state index is -1.13. The SMILES string of the molecule is C=CCOC(=O)c1sc(N2C(=O)C(=O)/C(=C(/O)c3ccc(OC)c(C)c3)C2c2ccc(OC)cc2OC)nc1C. The van der Waals surface area contributed by atoms with Gasteiger partial charge in [0.15, 0.2) is 5.13 Å². The smallest absolute Gasteiger partial charge is 0.350 e. The average Bonchev–Trinajstić information content (AvgIpc) is 3.46. The molecule has 1 unspecified atom stereocenters. The first-order chi connectivity index (χ1) is 19.2. The molecule has 1 N–H and O–H groups in total. The van der Waals surface area contributed by atoms with Gasteiger partial charge in [-0.3, -0.25) is 14.5 Å². The van der Waals surface area contributed by atoms with Crippen LogP contribution in [0.25, 0.3) is 5.76 Å². The van der Waals surface area contributed by atoms with Gasteiger partial charge in [-0.05, 0) is 49.7 Å². The average molecular weight is 565 g/mol. The number of nitrogens with zero attached hydrogens (tertiary/aromatic N) is 2. The molecule has 1 amide bonds. The first kappa shape index (κ1) is 28.4. The Labute approximate surface area is 235 Å². The molecule has 2 heterocycles. The van der Waals surface area contributed by atoms with Crippen LogP contribution >= 0.6 is 11.3 Å². The summed E-state index contributed by atoms with van der Waals surface area (Å²) in [4.78, 5) is 45.5. The van der Waals surface area contributed by atoms with E-state index in [-0.39, 0.29) is 27.9 Å². The number of carbonyl (C=O) groups is 3. The molecule has 0 radical (unpaired) electrons. The summed E-state index contributed by atoms with van der Waals surface area (Å²) in [6.45, 7) is 6.93. The number of hydrogen-bond acceptors (Lipinski definition) is 10. The van der Waals surface area contributed by atoms with E-state index in [1.165, 1.54) is 27.4 Å². The lowest BCUT2D eigenvalue weighted by Gasteiger charge is -2.25. The number of aryl methyl sites for hydroxylation is 2. The molecule has 4 rings (SSSR count). The largest absolute Gasteiger partial charge is 0.507 e. The third-order valence-electron chi connectivity index (χ3n) is 6.36. The molecule has 3 aromatic rings. The zero-order chi connectivity index (χ0) is 29.1. The van der Waals surface area contributed by atoms with Crippen molar-refractivity contribution in [1.29, 1.82) is 0 Å². The maximum Gasteiger partial charge on any atom is 0.350 e. The van der Waals surface area contributed by atoms with Gasteiger partial charge in [-0.2, -0.15) is 0 Å². The Morgan fingerprint density at radius 2 is 1.80 bits per heavy atom. The molecule has 0 bridgehead atoms. The lowest BCUT2D eigenvalue weighted by Crippen LogP contribution is -2.29. The van der Waals surface area contributed by atoms with Crippen LogP contribution in [0.3, 0.4) is 0 Å². The normalized spacial score (nSPS) is 16.1. The summed E-state index contributed by atoms with van der Waals surface area (Å²) < 4.78 is 21.4. The quantitative estimate of drug-likeness (QED) is 0.129. The lowest BCUT2D eigenvalue weighted by molar-refractivity contribution is -0.132. The van der Waals surface area contributed by atoms with Crippen molar-refractivity contribution in [3.63, 3.8) is 0 Å². The molecule has 1 aliphatic heterocycles.